The standard InChI is InChI=1S/C26H30N2O/c1-5-15-27-17-20(3)28(18-19(27)2)26-24-12-7-6-9-21(24)13-14-25(26)22-10-8-11-23(16-22)29-4/h5-14,16,19-20H,1,15,17-18H2,2-4H3/t19-,20+/m1/s1. The van der Waals surface area contributed by atoms with E-state index in [0.29, 0.717) is 12.1 Å². The van der Waals surface area contributed by atoms with Crippen LogP contribution in [0.3, 0.4) is 0 Å². The van der Waals surface area contributed by atoms with Gasteiger partial charge >= 0.3 is 0 Å². The molecule has 3 heteroatoms. The fourth-order valence-electron chi connectivity index (χ4n) is 4.52. The lowest BCUT2D eigenvalue weighted by molar-refractivity contribution is 0.184. The van der Waals surface area contributed by atoms with Crippen LogP contribution in [0.25, 0.3) is 21.9 Å². The third-order valence-electron chi connectivity index (χ3n) is 6.05. The van der Waals surface area contributed by atoms with Gasteiger partial charge in [-0.05, 0) is 36.9 Å². The highest BCUT2D eigenvalue weighted by molar-refractivity contribution is 6.02. The van der Waals surface area contributed by atoms with E-state index in [1.807, 2.05) is 12.1 Å². The van der Waals surface area contributed by atoms with Gasteiger partial charge in [-0.25, -0.2) is 0 Å². The Hall–Kier alpha value is -2.78. The number of piperazine rings is 1. The molecule has 1 fully saturated rings. The van der Waals surface area contributed by atoms with Crippen LogP contribution < -0.4 is 9.64 Å². The Bertz CT molecular complexity index is 1010. The number of fused-ring (bicyclic) bond motifs is 1. The van der Waals surface area contributed by atoms with Crippen LogP contribution in [-0.4, -0.2) is 43.7 Å². The highest BCUT2D eigenvalue weighted by Gasteiger charge is 2.30. The summed E-state index contributed by atoms with van der Waals surface area (Å²) in [5.41, 5.74) is 3.78. The van der Waals surface area contributed by atoms with Gasteiger partial charge in [0.2, 0.25) is 0 Å². The van der Waals surface area contributed by atoms with E-state index in [9.17, 15) is 0 Å². The Kier molecular flexibility index (Phi) is 5.59. The largest absolute Gasteiger partial charge is 0.497 e. The first-order chi connectivity index (χ1) is 14.1. The molecule has 3 nitrogen and oxygen atoms in total. The Morgan fingerprint density at radius 2 is 1.83 bits per heavy atom. The van der Waals surface area contributed by atoms with E-state index < -0.39 is 0 Å². The summed E-state index contributed by atoms with van der Waals surface area (Å²) < 4.78 is 5.50. The highest BCUT2D eigenvalue weighted by atomic mass is 16.5. The van der Waals surface area contributed by atoms with Crippen LogP contribution in [0, 0.1) is 0 Å². The lowest BCUT2D eigenvalue weighted by Crippen LogP contribution is -2.56. The van der Waals surface area contributed by atoms with Gasteiger partial charge in [0, 0.05) is 42.7 Å². The van der Waals surface area contributed by atoms with Gasteiger partial charge in [0.05, 0.1) is 12.8 Å². The van der Waals surface area contributed by atoms with E-state index in [4.69, 9.17) is 4.74 Å². The molecule has 1 saturated heterocycles. The average molecular weight is 387 g/mol. The van der Waals surface area contributed by atoms with Gasteiger partial charge in [-0.3, -0.25) is 4.90 Å². The zero-order chi connectivity index (χ0) is 20.4. The molecular formula is C26H30N2O. The van der Waals surface area contributed by atoms with Gasteiger partial charge in [-0.2, -0.15) is 0 Å². The van der Waals surface area contributed by atoms with Gasteiger partial charge in [-0.15, -0.1) is 6.58 Å². The first-order valence-electron chi connectivity index (χ1n) is 10.4. The van der Waals surface area contributed by atoms with Crippen molar-refractivity contribution >= 4 is 16.5 Å². The summed E-state index contributed by atoms with van der Waals surface area (Å²) in [4.78, 5) is 5.12. The predicted octanol–water partition coefficient (Wildman–Crippen LogP) is 5.60. The summed E-state index contributed by atoms with van der Waals surface area (Å²) in [6.45, 7) is 11.6. The fourth-order valence-corrected chi connectivity index (χ4v) is 4.52. The number of hydrogen-bond acceptors (Lipinski definition) is 3. The molecule has 3 aromatic rings. The number of ether oxygens (including phenoxy) is 1. The SMILES string of the molecule is C=CCN1C[C@H](C)N(c2c(-c3cccc(OC)c3)ccc3ccccc23)C[C@H]1C. The van der Waals surface area contributed by atoms with Gasteiger partial charge in [-0.1, -0.05) is 54.6 Å². The Morgan fingerprint density at radius 1 is 1.00 bits per heavy atom. The topological polar surface area (TPSA) is 15.7 Å². The van der Waals surface area contributed by atoms with E-state index in [2.05, 4.69) is 84.8 Å². The summed E-state index contributed by atoms with van der Waals surface area (Å²) in [7, 11) is 1.73. The molecular weight excluding hydrogens is 356 g/mol. The molecule has 4 rings (SSSR count). The normalized spacial score (nSPS) is 20.0. The third-order valence-corrected chi connectivity index (χ3v) is 6.05. The van der Waals surface area contributed by atoms with Crippen molar-refractivity contribution in [2.75, 3.05) is 31.6 Å². The van der Waals surface area contributed by atoms with Crippen molar-refractivity contribution in [3.8, 4) is 16.9 Å². The van der Waals surface area contributed by atoms with Crippen molar-refractivity contribution in [1.29, 1.82) is 0 Å². The molecule has 1 heterocycles. The van der Waals surface area contributed by atoms with Crippen molar-refractivity contribution in [3.63, 3.8) is 0 Å². The van der Waals surface area contributed by atoms with E-state index in [0.717, 1.165) is 25.4 Å². The zero-order valence-electron chi connectivity index (χ0n) is 17.6. The van der Waals surface area contributed by atoms with Gasteiger partial charge < -0.3 is 9.64 Å². The third kappa shape index (κ3) is 3.75. The zero-order valence-corrected chi connectivity index (χ0v) is 17.6. The molecule has 0 aromatic heterocycles. The summed E-state index contributed by atoms with van der Waals surface area (Å²) in [5.74, 6) is 0.888. The number of methoxy groups -OCH3 is 1. The van der Waals surface area contributed by atoms with E-state index in [-0.39, 0.29) is 0 Å². The van der Waals surface area contributed by atoms with E-state index >= 15 is 0 Å². The van der Waals surface area contributed by atoms with Crippen molar-refractivity contribution in [1.82, 2.24) is 4.90 Å². The molecule has 1 aliphatic heterocycles. The number of rotatable bonds is 5. The number of nitrogens with zero attached hydrogens (tertiary/aromatic N) is 2. The lowest BCUT2D eigenvalue weighted by atomic mass is 9.95. The maximum Gasteiger partial charge on any atom is 0.119 e. The van der Waals surface area contributed by atoms with Crippen LogP contribution >= 0.6 is 0 Å². The summed E-state index contributed by atoms with van der Waals surface area (Å²) in [6.07, 6.45) is 2.01. The molecule has 0 aliphatic carbocycles. The minimum atomic E-state index is 0.418. The Labute approximate surface area is 174 Å². The van der Waals surface area contributed by atoms with Crippen molar-refractivity contribution < 1.29 is 4.74 Å². The monoisotopic (exact) mass is 386 g/mol. The maximum atomic E-state index is 5.50. The second-order valence-electron chi connectivity index (χ2n) is 8.01. The van der Waals surface area contributed by atoms with Crippen molar-refractivity contribution in [3.05, 3.63) is 73.3 Å². The second kappa shape index (κ2) is 8.30. The smallest absolute Gasteiger partial charge is 0.119 e. The number of anilines is 1. The van der Waals surface area contributed by atoms with E-state index in [1.165, 1.54) is 27.6 Å². The highest BCUT2D eigenvalue weighted by Crippen LogP contribution is 2.40. The predicted molar refractivity (Wildman–Crippen MR) is 124 cm³/mol. The molecule has 0 N–H and O–H groups in total. The molecule has 29 heavy (non-hydrogen) atoms. The molecule has 0 radical (unpaired) electrons. The van der Waals surface area contributed by atoms with Crippen molar-refractivity contribution in [2.24, 2.45) is 0 Å². The lowest BCUT2D eigenvalue weighted by Gasteiger charge is -2.46. The first-order valence-corrected chi connectivity index (χ1v) is 10.4. The minimum absolute atomic E-state index is 0.418. The summed E-state index contributed by atoms with van der Waals surface area (Å²) in [6, 6.07) is 22.5. The molecule has 0 bridgehead atoms. The Morgan fingerprint density at radius 3 is 2.62 bits per heavy atom. The molecule has 1 aliphatic rings. The minimum Gasteiger partial charge on any atom is -0.497 e. The van der Waals surface area contributed by atoms with Gasteiger partial charge in [0.1, 0.15) is 5.75 Å². The molecule has 0 unspecified atom stereocenters. The number of benzene rings is 3. The molecule has 3 aromatic carbocycles. The van der Waals surface area contributed by atoms with Crippen LogP contribution in [0.2, 0.25) is 0 Å². The quantitative estimate of drug-likeness (QED) is 0.531. The van der Waals surface area contributed by atoms with Gasteiger partial charge in [0.25, 0.3) is 0 Å². The summed E-state index contributed by atoms with van der Waals surface area (Å²) >= 11 is 0. The molecule has 0 amide bonds. The Balaban J connectivity index is 1.86. The second-order valence-corrected chi connectivity index (χ2v) is 8.01. The molecule has 150 valence electrons. The maximum absolute atomic E-state index is 5.50. The van der Waals surface area contributed by atoms with Crippen LogP contribution in [0.1, 0.15) is 13.8 Å². The molecule has 0 spiro atoms. The van der Waals surface area contributed by atoms with Crippen LogP contribution in [0.15, 0.2) is 73.3 Å². The summed E-state index contributed by atoms with van der Waals surface area (Å²) in [5, 5.41) is 2.59. The number of hydrogen-bond donors (Lipinski definition) is 0. The first kappa shape index (κ1) is 19.5. The van der Waals surface area contributed by atoms with Gasteiger partial charge in [0.15, 0.2) is 0 Å². The van der Waals surface area contributed by atoms with Crippen LogP contribution in [0.5, 0.6) is 5.75 Å². The van der Waals surface area contributed by atoms with Crippen LogP contribution in [0.4, 0.5) is 5.69 Å². The van der Waals surface area contributed by atoms with E-state index in [1.54, 1.807) is 7.11 Å². The molecule has 0 saturated carbocycles. The molecule has 2 atom stereocenters. The average Bonchev–Trinajstić information content (AvgIpc) is 2.75. The fraction of sp³-hybridized carbons (Fsp3) is 0.308. The van der Waals surface area contributed by atoms with Crippen molar-refractivity contribution in [2.45, 2.75) is 25.9 Å². The van der Waals surface area contributed by atoms with Crippen LogP contribution in [-0.2, 0) is 0 Å².